The number of aryl methyl sites for hydroxylation is 1. The Morgan fingerprint density at radius 2 is 2.44 bits per heavy atom. The van der Waals surface area contributed by atoms with Crippen LogP contribution in [-0.4, -0.2) is 12.7 Å². The molecule has 4 heteroatoms. The molecule has 0 saturated carbocycles. The fraction of sp³-hybridized carbons (Fsp3) is 0.200. The maximum absolute atomic E-state index is 10.2. The van der Waals surface area contributed by atoms with Crippen LogP contribution in [0.2, 0.25) is 0 Å². The monoisotopic (exact) mass is 144 g/mol. The van der Waals surface area contributed by atoms with E-state index in [0.29, 0.717) is 0 Å². The van der Waals surface area contributed by atoms with E-state index in [1.807, 2.05) is 0 Å². The Bertz CT molecular complexity index is 231. The summed E-state index contributed by atoms with van der Waals surface area (Å²) in [7, 11) is 0. The van der Waals surface area contributed by atoms with E-state index >= 15 is 0 Å². The summed E-state index contributed by atoms with van der Waals surface area (Å²) in [5.74, 6) is 0. The minimum atomic E-state index is -2.14. The van der Waals surface area contributed by atoms with Crippen molar-refractivity contribution in [3.63, 3.8) is 0 Å². The van der Waals surface area contributed by atoms with Crippen LogP contribution < -0.4 is 0 Å². The summed E-state index contributed by atoms with van der Waals surface area (Å²) < 4.78 is 21.7. The third kappa shape index (κ3) is 1.20. The molecule has 0 amide bonds. The van der Waals surface area contributed by atoms with Crippen LogP contribution in [0.3, 0.4) is 0 Å². The first kappa shape index (κ1) is 6.51. The number of hydrogen-bond acceptors (Lipinski definition) is 2. The highest BCUT2D eigenvalue weighted by Gasteiger charge is 1.90. The molecule has 0 radical (unpaired) electrons. The van der Waals surface area contributed by atoms with Crippen molar-refractivity contribution in [3.8, 4) is 0 Å². The lowest BCUT2D eigenvalue weighted by atomic mass is 10.5. The van der Waals surface area contributed by atoms with Crippen molar-refractivity contribution < 1.29 is 8.76 Å². The molecule has 0 aromatic carbocycles. The first-order chi connectivity index (χ1) is 4.22. The quantitative estimate of drug-likeness (QED) is 0.537. The van der Waals surface area contributed by atoms with Crippen molar-refractivity contribution in [2.24, 2.45) is 0 Å². The minimum Gasteiger partial charge on any atom is -0.755 e. The Labute approximate surface area is 55.7 Å². The standard InChI is InChI=1S/C5H7NO2S/c1-5-3-2-4-6(5)9(7)8/h2-4H,1H3,(H,7,8)/p-1. The minimum absolute atomic E-state index is 0.725. The lowest BCUT2D eigenvalue weighted by molar-refractivity contribution is 0.527. The maximum atomic E-state index is 10.2. The lowest BCUT2D eigenvalue weighted by Crippen LogP contribution is -2.02. The van der Waals surface area contributed by atoms with Gasteiger partial charge in [0.05, 0.1) is 11.3 Å². The van der Waals surface area contributed by atoms with Crippen molar-refractivity contribution >= 4 is 11.3 Å². The number of nitrogens with zero attached hydrogens (tertiary/aromatic N) is 1. The number of aromatic nitrogens is 1. The molecular formula is C5H6NO2S-. The number of hydrogen-bond donors (Lipinski definition) is 0. The average molecular weight is 144 g/mol. The van der Waals surface area contributed by atoms with E-state index in [4.69, 9.17) is 0 Å². The molecule has 0 aliphatic rings. The summed E-state index contributed by atoms with van der Waals surface area (Å²) in [6.07, 6.45) is 1.50. The van der Waals surface area contributed by atoms with Crippen LogP contribution in [0.4, 0.5) is 0 Å². The van der Waals surface area contributed by atoms with E-state index in [0.717, 1.165) is 5.69 Å². The van der Waals surface area contributed by atoms with Gasteiger partial charge in [-0.3, -0.25) is 8.18 Å². The Hall–Kier alpha value is -0.610. The molecule has 0 aliphatic carbocycles. The molecule has 0 N–H and O–H groups in total. The summed E-state index contributed by atoms with van der Waals surface area (Å²) in [6, 6.07) is 3.42. The summed E-state index contributed by atoms with van der Waals surface area (Å²) in [4.78, 5) is 0. The largest absolute Gasteiger partial charge is 0.755 e. The normalized spacial score (nSPS) is 13.6. The van der Waals surface area contributed by atoms with Gasteiger partial charge in [-0.15, -0.1) is 0 Å². The van der Waals surface area contributed by atoms with Gasteiger partial charge in [0.2, 0.25) is 0 Å². The van der Waals surface area contributed by atoms with Crippen LogP contribution in [-0.2, 0) is 11.3 Å². The molecule has 1 heterocycles. The summed E-state index contributed by atoms with van der Waals surface area (Å²) in [6.45, 7) is 1.73. The Morgan fingerprint density at radius 1 is 1.78 bits per heavy atom. The second-order valence-electron chi connectivity index (χ2n) is 1.69. The molecule has 0 aliphatic heterocycles. The lowest BCUT2D eigenvalue weighted by Gasteiger charge is -2.06. The predicted octanol–water partition coefficient (Wildman–Crippen LogP) is 0.439. The highest BCUT2D eigenvalue weighted by molar-refractivity contribution is 7.77. The fourth-order valence-corrected chi connectivity index (χ4v) is 1.08. The summed E-state index contributed by atoms with van der Waals surface area (Å²) >= 11 is -2.14. The van der Waals surface area contributed by atoms with Crippen LogP contribution in [0.15, 0.2) is 18.3 Å². The smallest absolute Gasteiger partial charge is 0.0514 e. The molecule has 1 aromatic heterocycles. The zero-order valence-corrected chi connectivity index (χ0v) is 5.72. The highest BCUT2D eigenvalue weighted by Crippen LogP contribution is 1.98. The van der Waals surface area contributed by atoms with Gasteiger partial charge in [-0.1, -0.05) is 0 Å². The molecule has 0 saturated heterocycles. The first-order valence-electron chi connectivity index (χ1n) is 2.45. The van der Waals surface area contributed by atoms with E-state index in [1.165, 1.54) is 10.2 Å². The van der Waals surface area contributed by atoms with E-state index in [2.05, 4.69) is 0 Å². The summed E-state index contributed by atoms with van der Waals surface area (Å²) in [5.41, 5.74) is 0.725. The molecule has 0 fully saturated rings. The zero-order chi connectivity index (χ0) is 6.85. The van der Waals surface area contributed by atoms with Gasteiger partial charge in [0.25, 0.3) is 0 Å². The third-order valence-electron chi connectivity index (χ3n) is 1.07. The maximum Gasteiger partial charge on any atom is 0.0514 e. The van der Waals surface area contributed by atoms with Gasteiger partial charge in [-0.05, 0) is 19.1 Å². The van der Waals surface area contributed by atoms with Crippen LogP contribution in [0.25, 0.3) is 0 Å². The summed E-state index contributed by atoms with van der Waals surface area (Å²) in [5, 5.41) is 0. The van der Waals surface area contributed by atoms with E-state index in [1.54, 1.807) is 19.1 Å². The molecule has 3 nitrogen and oxygen atoms in total. The van der Waals surface area contributed by atoms with Crippen molar-refractivity contribution in [2.75, 3.05) is 0 Å². The molecule has 1 unspecified atom stereocenters. The molecule has 1 aromatic rings. The average Bonchev–Trinajstić information content (AvgIpc) is 2.13. The van der Waals surface area contributed by atoms with Gasteiger partial charge in [0.15, 0.2) is 0 Å². The van der Waals surface area contributed by atoms with Crippen molar-refractivity contribution in [3.05, 3.63) is 24.0 Å². The second kappa shape index (κ2) is 2.33. The molecule has 9 heavy (non-hydrogen) atoms. The second-order valence-corrected chi connectivity index (χ2v) is 2.52. The topological polar surface area (TPSA) is 45.1 Å². The highest BCUT2D eigenvalue weighted by atomic mass is 32.2. The Morgan fingerprint density at radius 3 is 2.67 bits per heavy atom. The van der Waals surface area contributed by atoms with Crippen molar-refractivity contribution in [1.82, 2.24) is 3.97 Å². The molecule has 50 valence electrons. The van der Waals surface area contributed by atoms with Gasteiger partial charge in [0, 0.05) is 11.9 Å². The molecule has 1 rings (SSSR count). The van der Waals surface area contributed by atoms with Crippen molar-refractivity contribution in [2.45, 2.75) is 6.92 Å². The van der Waals surface area contributed by atoms with Crippen molar-refractivity contribution in [1.29, 1.82) is 0 Å². The van der Waals surface area contributed by atoms with E-state index in [9.17, 15) is 8.76 Å². The fourth-order valence-electron chi connectivity index (χ4n) is 0.619. The van der Waals surface area contributed by atoms with E-state index < -0.39 is 11.3 Å². The van der Waals surface area contributed by atoms with Crippen LogP contribution >= 0.6 is 0 Å². The van der Waals surface area contributed by atoms with Gasteiger partial charge in [-0.2, -0.15) is 0 Å². The SMILES string of the molecule is Cc1cccn1S(=O)[O-]. The predicted molar refractivity (Wildman–Crippen MR) is 33.5 cm³/mol. The van der Waals surface area contributed by atoms with Gasteiger partial charge < -0.3 is 4.55 Å². The van der Waals surface area contributed by atoms with Crippen LogP contribution in [0, 0.1) is 6.92 Å². The number of rotatable bonds is 1. The van der Waals surface area contributed by atoms with E-state index in [-0.39, 0.29) is 0 Å². The van der Waals surface area contributed by atoms with Gasteiger partial charge in [0.1, 0.15) is 0 Å². The Kier molecular flexibility index (Phi) is 1.68. The molecule has 0 spiro atoms. The first-order valence-corrected chi connectivity index (χ1v) is 3.48. The molecule has 0 bridgehead atoms. The van der Waals surface area contributed by atoms with Crippen LogP contribution in [0.1, 0.15) is 5.69 Å². The zero-order valence-electron chi connectivity index (χ0n) is 4.90. The molecule has 1 atom stereocenters. The van der Waals surface area contributed by atoms with Crippen LogP contribution in [0.5, 0.6) is 0 Å². The van der Waals surface area contributed by atoms with Gasteiger partial charge >= 0.3 is 0 Å². The van der Waals surface area contributed by atoms with Gasteiger partial charge in [-0.25, -0.2) is 0 Å². The Balaban J connectivity index is 3.08. The third-order valence-corrected chi connectivity index (χ3v) is 1.80. The molecular weight excluding hydrogens is 138 g/mol.